The molecule has 118 valence electrons. The number of carbonyl (C=O) groups is 1. The van der Waals surface area contributed by atoms with Gasteiger partial charge in [0.2, 0.25) is 0 Å². The number of alkyl carbamates (subject to hydrolysis) is 1. The van der Waals surface area contributed by atoms with Crippen molar-refractivity contribution in [2.24, 2.45) is 0 Å². The fourth-order valence-corrected chi connectivity index (χ4v) is 1.69. The first-order chi connectivity index (χ1) is 9.83. The summed E-state index contributed by atoms with van der Waals surface area (Å²) in [7, 11) is 1.58. The molecule has 0 atom stereocenters. The highest BCUT2D eigenvalue weighted by Crippen LogP contribution is 2.28. The molecule has 0 bridgehead atoms. The summed E-state index contributed by atoms with van der Waals surface area (Å²) in [4.78, 5) is 11.4. The first kappa shape index (κ1) is 16.9. The molecule has 0 heterocycles. The number of benzene rings is 1. The van der Waals surface area contributed by atoms with E-state index in [-0.39, 0.29) is 0 Å². The lowest BCUT2D eigenvalue weighted by Gasteiger charge is -2.19. The van der Waals surface area contributed by atoms with Crippen molar-refractivity contribution < 1.29 is 14.3 Å². The third-order valence-corrected chi connectivity index (χ3v) is 2.62. The van der Waals surface area contributed by atoms with Crippen molar-refractivity contribution in [1.82, 2.24) is 5.32 Å². The van der Waals surface area contributed by atoms with E-state index in [0.29, 0.717) is 24.5 Å². The van der Waals surface area contributed by atoms with E-state index in [4.69, 9.17) is 15.2 Å². The van der Waals surface area contributed by atoms with Crippen LogP contribution in [0.1, 0.15) is 27.2 Å². The van der Waals surface area contributed by atoms with Crippen LogP contribution in [0.25, 0.3) is 0 Å². The van der Waals surface area contributed by atoms with E-state index in [0.717, 1.165) is 12.1 Å². The van der Waals surface area contributed by atoms with Gasteiger partial charge in [-0.2, -0.15) is 0 Å². The number of amides is 1. The van der Waals surface area contributed by atoms with E-state index in [2.05, 4.69) is 10.6 Å². The molecule has 1 rings (SSSR count). The number of nitrogens with two attached hydrogens (primary N) is 1. The van der Waals surface area contributed by atoms with Crippen LogP contribution in [-0.2, 0) is 4.74 Å². The number of para-hydroxylation sites is 1. The molecule has 1 aromatic carbocycles. The minimum Gasteiger partial charge on any atom is -0.495 e. The summed E-state index contributed by atoms with van der Waals surface area (Å²) in [5.74, 6) is 0.645. The zero-order chi connectivity index (χ0) is 15.9. The third kappa shape index (κ3) is 6.25. The molecular formula is C15H25N3O3. The van der Waals surface area contributed by atoms with E-state index in [1.807, 2.05) is 39.0 Å². The van der Waals surface area contributed by atoms with Gasteiger partial charge >= 0.3 is 6.09 Å². The Bertz CT molecular complexity index is 470. The second kappa shape index (κ2) is 7.61. The minimum absolute atomic E-state index is 0.400. The number of rotatable bonds is 6. The molecule has 0 aliphatic rings. The number of anilines is 2. The van der Waals surface area contributed by atoms with Crippen molar-refractivity contribution in [3.8, 4) is 5.75 Å². The Morgan fingerprint density at radius 1 is 1.29 bits per heavy atom. The summed E-state index contributed by atoms with van der Waals surface area (Å²) in [6.07, 6.45) is 0.360. The second-order valence-electron chi connectivity index (χ2n) is 5.63. The molecule has 6 heteroatoms. The van der Waals surface area contributed by atoms with Gasteiger partial charge in [0.15, 0.2) is 0 Å². The molecule has 4 N–H and O–H groups in total. The van der Waals surface area contributed by atoms with Gasteiger partial charge in [0, 0.05) is 13.1 Å². The van der Waals surface area contributed by atoms with Gasteiger partial charge in [-0.3, -0.25) is 0 Å². The number of nitrogens with one attached hydrogen (secondary N) is 2. The van der Waals surface area contributed by atoms with Gasteiger partial charge < -0.3 is 25.8 Å². The highest BCUT2D eigenvalue weighted by atomic mass is 16.6. The zero-order valence-electron chi connectivity index (χ0n) is 13.2. The van der Waals surface area contributed by atoms with Crippen LogP contribution >= 0.6 is 0 Å². The second-order valence-corrected chi connectivity index (χ2v) is 5.63. The maximum atomic E-state index is 11.4. The number of carbonyl (C=O) groups excluding carboxylic acids is 1. The number of ether oxygens (including phenoxy) is 2. The van der Waals surface area contributed by atoms with Crippen molar-refractivity contribution in [3.05, 3.63) is 18.2 Å². The van der Waals surface area contributed by atoms with Crippen molar-refractivity contribution in [1.29, 1.82) is 0 Å². The SMILES string of the molecule is COc1cccc(NCCCNC(=O)OC(C)(C)C)c1N. The van der Waals surface area contributed by atoms with Crippen LogP contribution < -0.4 is 21.1 Å². The molecular weight excluding hydrogens is 270 g/mol. The third-order valence-electron chi connectivity index (χ3n) is 2.62. The van der Waals surface area contributed by atoms with Crippen LogP contribution in [0.2, 0.25) is 0 Å². The van der Waals surface area contributed by atoms with Gasteiger partial charge in [0.1, 0.15) is 11.4 Å². The van der Waals surface area contributed by atoms with Gasteiger partial charge in [0.05, 0.1) is 18.5 Å². The predicted octanol–water partition coefficient (Wildman–Crippen LogP) is 2.60. The maximum Gasteiger partial charge on any atom is 0.407 e. The predicted molar refractivity (Wildman–Crippen MR) is 84.7 cm³/mol. The molecule has 6 nitrogen and oxygen atoms in total. The quantitative estimate of drug-likeness (QED) is 0.555. The highest BCUT2D eigenvalue weighted by molar-refractivity contribution is 5.72. The fourth-order valence-electron chi connectivity index (χ4n) is 1.69. The molecule has 0 spiro atoms. The molecule has 1 amide bonds. The van der Waals surface area contributed by atoms with Gasteiger partial charge in [0.25, 0.3) is 0 Å². The molecule has 0 aliphatic carbocycles. The minimum atomic E-state index is -0.475. The van der Waals surface area contributed by atoms with Crippen LogP contribution in [0, 0.1) is 0 Å². The van der Waals surface area contributed by atoms with E-state index in [1.54, 1.807) is 7.11 Å². The van der Waals surface area contributed by atoms with E-state index < -0.39 is 11.7 Å². The van der Waals surface area contributed by atoms with Gasteiger partial charge in [-0.25, -0.2) is 4.79 Å². The molecule has 0 unspecified atom stereocenters. The summed E-state index contributed by atoms with van der Waals surface area (Å²) in [5.41, 5.74) is 6.88. The first-order valence-electron chi connectivity index (χ1n) is 6.96. The first-order valence-corrected chi connectivity index (χ1v) is 6.96. The summed E-state index contributed by atoms with van der Waals surface area (Å²) >= 11 is 0. The largest absolute Gasteiger partial charge is 0.495 e. The Morgan fingerprint density at radius 3 is 2.62 bits per heavy atom. The van der Waals surface area contributed by atoms with Gasteiger partial charge in [-0.1, -0.05) is 6.07 Å². The average Bonchev–Trinajstić information content (AvgIpc) is 2.38. The summed E-state index contributed by atoms with van der Waals surface area (Å²) in [6, 6.07) is 5.57. The number of hydrogen-bond donors (Lipinski definition) is 3. The van der Waals surface area contributed by atoms with E-state index >= 15 is 0 Å². The molecule has 0 aromatic heterocycles. The van der Waals surface area contributed by atoms with Crippen LogP contribution in [-0.4, -0.2) is 31.9 Å². The zero-order valence-corrected chi connectivity index (χ0v) is 13.2. The molecule has 21 heavy (non-hydrogen) atoms. The summed E-state index contributed by atoms with van der Waals surface area (Å²) in [5, 5.41) is 5.92. The van der Waals surface area contributed by atoms with Gasteiger partial charge in [-0.15, -0.1) is 0 Å². The van der Waals surface area contributed by atoms with Gasteiger partial charge in [-0.05, 0) is 39.3 Å². The molecule has 0 saturated heterocycles. The van der Waals surface area contributed by atoms with Crippen LogP contribution in [0.5, 0.6) is 5.75 Å². The lowest BCUT2D eigenvalue weighted by Crippen LogP contribution is -2.33. The summed E-state index contributed by atoms with van der Waals surface area (Å²) < 4.78 is 10.3. The Balaban J connectivity index is 2.28. The Labute approximate surface area is 126 Å². The van der Waals surface area contributed by atoms with Crippen molar-refractivity contribution in [3.63, 3.8) is 0 Å². The number of nitrogen functional groups attached to an aromatic ring is 1. The number of methoxy groups -OCH3 is 1. The average molecular weight is 295 g/mol. The Morgan fingerprint density at radius 2 is 2.00 bits per heavy atom. The monoisotopic (exact) mass is 295 g/mol. The topological polar surface area (TPSA) is 85.6 Å². The molecule has 0 radical (unpaired) electrons. The lowest BCUT2D eigenvalue weighted by atomic mass is 10.2. The molecule has 0 fully saturated rings. The molecule has 1 aromatic rings. The Kier molecular flexibility index (Phi) is 6.14. The smallest absolute Gasteiger partial charge is 0.407 e. The Hall–Kier alpha value is -2.11. The van der Waals surface area contributed by atoms with Crippen LogP contribution in [0.3, 0.4) is 0 Å². The van der Waals surface area contributed by atoms with E-state index in [9.17, 15) is 4.79 Å². The van der Waals surface area contributed by atoms with Crippen molar-refractivity contribution >= 4 is 17.5 Å². The molecule has 0 aliphatic heterocycles. The maximum absolute atomic E-state index is 11.4. The van der Waals surface area contributed by atoms with Crippen molar-refractivity contribution in [2.75, 3.05) is 31.2 Å². The normalized spacial score (nSPS) is 10.9. The van der Waals surface area contributed by atoms with E-state index in [1.165, 1.54) is 0 Å². The lowest BCUT2D eigenvalue weighted by molar-refractivity contribution is 0.0528. The van der Waals surface area contributed by atoms with Crippen LogP contribution in [0.4, 0.5) is 16.2 Å². The van der Waals surface area contributed by atoms with Crippen molar-refractivity contribution in [2.45, 2.75) is 32.8 Å². The summed E-state index contributed by atoms with van der Waals surface area (Å²) in [6.45, 7) is 6.72. The van der Waals surface area contributed by atoms with Crippen LogP contribution in [0.15, 0.2) is 18.2 Å². The fraction of sp³-hybridized carbons (Fsp3) is 0.533. The highest BCUT2D eigenvalue weighted by Gasteiger charge is 2.15. The number of hydrogen-bond acceptors (Lipinski definition) is 5. The molecule has 0 saturated carbocycles. The standard InChI is InChI=1S/C15H25N3O3/c1-15(2,3)21-14(19)18-10-6-9-17-11-7-5-8-12(20-4)13(11)16/h5,7-8,17H,6,9-10,16H2,1-4H3,(H,18,19).